The third-order valence-electron chi connectivity index (χ3n) is 11.7. The number of phosphoric acid groups is 1. The van der Waals surface area contributed by atoms with Gasteiger partial charge in [0, 0.05) is 13.0 Å². The highest BCUT2D eigenvalue weighted by Gasteiger charge is 2.51. The van der Waals surface area contributed by atoms with Gasteiger partial charge in [0.25, 0.3) is 0 Å². The van der Waals surface area contributed by atoms with Crippen LogP contribution in [0.5, 0.6) is 0 Å². The number of ether oxygens (including phenoxy) is 2. The fourth-order valence-electron chi connectivity index (χ4n) is 7.59. The number of rotatable bonds is 43. The molecule has 1 aliphatic carbocycles. The Kier molecular flexibility index (Phi) is 39.1. The first kappa shape index (κ1) is 60.3. The standard InChI is InChI=1S/C51H93O12P/c1-3-5-7-9-11-13-15-17-19-21-22-23-24-25-26-28-30-32-34-36-38-40-45(52)62-44(43-61-64(58,59)63-51-49(56)47(54)46(53)48(55)50(51)57)42-60-41-39-37-35-33-31-29-27-20-18-16-14-12-10-8-6-4-2/h15,17-18,20-22,24-25,44,46-51,53-57H,3-14,16,19,23,26-43H2,1-2H3,(H,58,59)/b17-15-,20-18-,22-21-,25-24-. The third kappa shape index (κ3) is 32.9. The molecule has 6 N–H and O–H groups in total. The van der Waals surface area contributed by atoms with Crippen LogP contribution in [0.2, 0.25) is 0 Å². The number of hydrogen-bond donors (Lipinski definition) is 6. The molecule has 1 fully saturated rings. The highest BCUT2D eigenvalue weighted by atomic mass is 31.2. The van der Waals surface area contributed by atoms with Gasteiger partial charge in [0.05, 0.1) is 13.2 Å². The fraction of sp³-hybridized carbons (Fsp3) is 0.824. The van der Waals surface area contributed by atoms with E-state index in [1.54, 1.807) is 0 Å². The minimum atomic E-state index is -5.03. The molecule has 12 nitrogen and oxygen atoms in total. The van der Waals surface area contributed by atoms with Crippen molar-refractivity contribution in [3.8, 4) is 0 Å². The first-order valence-electron chi connectivity index (χ1n) is 25.5. The van der Waals surface area contributed by atoms with E-state index in [2.05, 4.69) is 62.5 Å². The summed E-state index contributed by atoms with van der Waals surface area (Å²) in [5, 5.41) is 50.3. The zero-order chi connectivity index (χ0) is 46.9. The van der Waals surface area contributed by atoms with Crippen LogP contribution in [0.1, 0.15) is 206 Å². The van der Waals surface area contributed by atoms with Crippen LogP contribution < -0.4 is 0 Å². The lowest BCUT2D eigenvalue weighted by atomic mass is 9.85. The van der Waals surface area contributed by atoms with Gasteiger partial charge in [-0.3, -0.25) is 13.8 Å². The molecule has 0 aromatic heterocycles. The van der Waals surface area contributed by atoms with Crippen molar-refractivity contribution in [1.29, 1.82) is 0 Å². The quantitative estimate of drug-likeness (QED) is 0.0147. The Balaban J connectivity index is 2.37. The molecule has 374 valence electrons. The molecule has 0 aromatic carbocycles. The van der Waals surface area contributed by atoms with Crippen molar-refractivity contribution >= 4 is 13.8 Å². The van der Waals surface area contributed by atoms with Gasteiger partial charge in [-0.2, -0.15) is 0 Å². The van der Waals surface area contributed by atoms with E-state index in [9.17, 15) is 39.8 Å². The highest BCUT2D eigenvalue weighted by molar-refractivity contribution is 7.47. The van der Waals surface area contributed by atoms with Gasteiger partial charge < -0.3 is 39.9 Å². The van der Waals surface area contributed by atoms with Gasteiger partial charge in [0.2, 0.25) is 0 Å². The Bertz CT molecular complexity index is 1240. The second-order valence-corrected chi connectivity index (χ2v) is 19.1. The summed E-state index contributed by atoms with van der Waals surface area (Å²) in [6, 6.07) is 0. The van der Waals surface area contributed by atoms with Crippen molar-refractivity contribution in [2.24, 2.45) is 0 Å². The van der Waals surface area contributed by atoms with Crippen molar-refractivity contribution in [2.45, 2.75) is 249 Å². The van der Waals surface area contributed by atoms with Crippen LogP contribution in [0, 0.1) is 0 Å². The van der Waals surface area contributed by atoms with Crippen LogP contribution in [0.15, 0.2) is 48.6 Å². The van der Waals surface area contributed by atoms with E-state index in [1.807, 2.05) is 0 Å². The molecule has 64 heavy (non-hydrogen) atoms. The maximum absolute atomic E-state index is 12.8. The molecular formula is C51H93O12P. The first-order chi connectivity index (χ1) is 31.0. The molecule has 0 amide bonds. The van der Waals surface area contributed by atoms with Gasteiger partial charge >= 0.3 is 13.8 Å². The lowest BCUT2D eigenvalue weighted by molar-refractivity contribution is -0.220. The number of phosphoric ester groups is 1. The molecular weight excluding hydrogens is 836 g/mol. The van der Waals surface area contributed by atoms with Crippen molar-refractivity contribution in [3.05, 3.63) is 48.6 Å². The number of unbranched alkanes of at least 4 members (excludes halogenated alkanes) is 23. The molecule has 0 radical (unpaired) electrons. The van der Waals surface area contributed by atoms with Crippen molar-refractivity contribution in [1.82, 2.24) is 0 Å². The molecule has 0 bridgehead atoms. The van der Waals surface area contributed by atoms with Crippen LogP contribution in [0.3, 0.4) is 0 Å². The van der Waals surface area contributed by atoms with Crippen LogP contribution >= 0.6 is 7.82 Å². The number of hydrogen-bond acceptors (Lipinski definition) is 11. The van der Waals surface area contributed by atoms with Gasteiger partial charge in [-0.15, -0.1) is 0 Å². The largest absolute Gasteiger partial charge is 0.472 e. The van der Waals surface area contributed by atoms with E-state index in [0.29, 0.717) is 13.0 Å². The molecule has 0 aliphatic heterocycles. The van der Waals surface area contributed by atoms with Gasteiger partial charge in [-0.05, 0) is 77.0 Å². The maximum atomic E-state index is 12.8. The van der Waals surface area contributed by atoms with Crippen LogP contribution in [0.4, 0.5) is 0 Å². The summed E-state index contributed by atoms with van der Waals surface area (Å²) < 4.78 is 34.3. The Hall–Kier alpha value is -1.70. The van der Waals surface area contributed by atoms with Gasteiger partial charge in [0.15, 0.2) is 0 Å². The maximum Gasteiger partial charge on any atom is 0.472 e. The molecule has 1 saturated carbocycles. The number of carbonyl (C=O) groups is 1. The lowest BCUT2D eigenvalue weighted by Crippen LogP contribution is -2.64. The first-order valence-corrected chi connectivity index (χ1v) is 27.0. The van der Waals surface area contributed by atoms with Gasteiger partial charge in [0.1, 0.15) is 42.7 Å². The molecule has 0 saturated heterocycles. The van der Waals surface area contributed by atoms with E-state index in [0.717, 1.165) is 83.5 Å². The zero-order valence-corrected chi connectivity index (χ0v) is 41.0. The van der Waals surface area contributed by atoms with Crippen molar-refractivity contribution < 1.29 is 58.3 Å². The predicted molar refractivity (Wildman–Crippen MR) is 258 cm³/mol. The van der Waals surface area contributed by atoms with Gasteiger partial charge in [-0.25, -0.2) is 4.57 Å². The van der Waals surface area contributed by atoms with E-state index in [-0.39, 0.29) is 13.0 Å². The Morgan fingerprint density at radius 2 is 0.875 bits per heavy atom. The van der Waals surface area contributed by atoms with Crippen molar-refractivity contribution in [3.63, 3.8) is 0 Å². The summed E-state index contributed by atoms with van der Waals surface area (Å²) in [6.07, 6.45) is 38.8. The number of aliphatic hydroxyl groups is 5. The normalized spacial score (nSPS) is 22.1. The molecule has 1 aliphatic rings. The van der Waals surface area contributed by atoms with Crippen molar-refractivity contribution in [2.75, 3.05) is 19.8 Å². The average Bonchev–Trinajstić information content (AvgIpc) is 3.28. The van der Waals surface area contributed by atoms with Crippen LogP contribution in [0.25, 0.3) is 0 Å². The molecule has 1 rings (SSSR count). The fourth-order valence-corrected chi connectivity index (χ4v) is 8.57. The topological polar surface area (TPSA) is 192 Å². The lowest BCUT2D eigenvalue weighted by Gasteiger charge is -2.41. The summed E-state index contributed by atoms with van der Waals surface area (Å²) >= 11 is 0. The summed E-state index contributed by atoms with van der Waals surface area (Å²) in [4.78, 5) is 23.2. The third-order valence-corrected chi connectivity index (χ3v) is 12.7. The Labute approximate surface area is 388 Å². The molecule has 0 aromatic rings. The second kappa shape index (κ2) is 41.5. The molecule has 13 heteroatoms. The SMILES string of the molecule is CCCCCCC/C=C\C/C=C\C/C=C\CCCCCCCCC(=O)OC(COCCCCCCCC/C=C\CCCCCCCC)COP(=O)(O)OC1C(O)C(O)C(O)C(O)C1O. The Morgan fingerprint density at radius 3 is 1.34 bits per heavy atom. The van der Waals surface area contributed by atoms with Crippen LogP contribution in [-0.2, 0) is 27.9 Å². The van der Waals surface area contributed by atoms with Gasteiger partial charge in [-0.1, -0.05) is 172 Å². The molecule has 0 spiro atoms. The highest BCUT2D eigenvalue weighted by Crippen LogP contribution is 2.47. The number of esters is 1. The van der Waals surface area contributed by atoms with E-state index >= 15 is 0 Å². The van der Waals surface area contributed by atoms with E-state index in [1.165, 1.54) is 96.3 Å². The Morgan fingerprint density at radius 1 is 0.500 bits per heavy atom. The van der Waals surface area contributed by atoms with E-state index < -0.39 is 63.1 Å². The smallest absolute Gasteiger partial charge is 0.457 e. The molecule has 6 atom stereocenters. The monoisotopic (exact) mass is 929 g/mol. The predicted octanol–water partition coefficient (Wildman–Crippen LogP) is 11.2. The zero-order valence-electron chi connectivity index (χ0n) is 40.1. The number of carbonyl (C=O) groups excluding carboxylic acids is 1. The summed E-state index contributed by atoms with van der Waals surface area (Å²) in [7, 11) is -5.03. The average molecular weight is 929 g/mol. The summed E-state index contributed by atoms with van der Waals surface area (Å²) in [5.74, 6) is -0.491. The summed E-state index contributed by atoms with van der Waals surface area (Å²) in [5.41, 5.74) is 0. The summed E-state index contributed by atoms with van der Waals surface area (Å²) in [6.45, 7) is 4.23. The van der Waals surface area contributed by atoms with Crippen LogP contribution in [-0.4, -0.2) is 98.9 Å². The number of allylic oxidation sites excluding steroid dienone is 8. The molecule has 6 unspecified atom stereocenters. The number of aliphatic hydroxyl groups excluding tert-OH is 5. The minimum absolute atomic E-state index is 0.0868. The molecule has 0 heterocycles. The second-order valence-electron chi connectivity index (χ2n) is 17.7. The minimum Gasteiger partial charge on any atom is -0.457 e. The van der Waals surface area contributed by atoms with E-state index in [4.69, 9.17) is 18.5 Å².